The number of halogens is 1. The summed E-state index contributed by atoms with van der Waals surface area (Å²) >= 11 is 0. The number of likely N-dealkylation sites (tertiary alicyclic amines) is 1. The van der Waals surface area contributed by atoms with Gasteiger partial charge in [0.1, 0.15) is 5.82 Å². The summed E-state index contributed by atoms with van der Waals surface area (Å²) in [6.45, 7) is 11.9. The Morgan fingerprint density at radius 3 is 2.57 bits per heavy atom. The lowest BCUT2D eigenvalue weighted by molar-refractivity contribution is 0.0884. The van der Waals surface area contributed by atoms with Crippen LogP contribution in [0.2, 0.25) is 0 Å². The topological polar surface area (TPSA) is 23.5 Å². The molecule has 1 fully saturated rings. The first-order valence-electron chi connectivity index (χ1n) is 7.94. The molecule has 1 saturated heterocycles. The minimum Gasteiger partial charge on any atom is -0.388 e. The summed E-state index contributed by atoms with van der Waals surface area (Å²) in [7, 11) is 0. The van der Waals surface area contributed by atoms with E-state index in [0.29, 0.717) is 16.9 Å². The van der Waals surface area contributed by atoms with E-state index >= 15 is 0 Å². The van der Waals surface area contributed by atoms with Crippen molar-refractivity contribution in [2.75, 3.05) is 19.6 Å². The SMILES string of the molecule is CC(CN1CCC(C(C)(C)C)C1)C(O)c1ccccc1F. The Morgan fingerprint density at radius 2 is 2.00 bits per heavy atom. The van der Waals surface area contributed by atoms with Crippen molar-refractivity contribution in [3.8, 4) is 0 Å². The monoisotopic (exact) mass is 293 g/mol. The molecule has 1 aromatic rings. The Balaban J connectivity index is 1.93. The van der Waals surface area contributed by atoms with Crippen molar-refractivity contribution in [2.24, 2.45) is 17.3 Å². The van der Waals surface area contributed by atoms with Gasteiger partial charge in [0.15, 0.2) is 0 Å². The molecular weight excluding hydrogens is 265 g/mol. The fraction of sp³-hybridized carbons (Fsp3) is 0.667. The summed E-state index contributed by atoms with van der Waals surface area (Å²) in [5, 5.41) is 10.4. The van der Waals surface area contributed by atoms with Crippen LogP contribution < -0.4 is 0 Å². The third-order valence-electron chi connectivity index (χ3n) is 4.81. The Bertz CT molecular complexity index is 469. The fourth-order valence-corrected chi connectivity index (χ4v) is 3.23. The van der Waals surface area contributed by atoms with Gasteiger partial charge < -0.3 is 10.0 Å². The highest BCUT2D eigenvalue weighted by molar-refractivity contribution is 5.20. The van der Waals surface area contributed by atoms with Crippen LogP contribution >= 0.6 is 0 Å². The summed E-state index contributed by atoms with van der Waals surface area (Å²) in [5.74, 6) is 0.418. The molecule has 0 saturated carbocycles. The van der Waals surface area contributed by atoms with E-state index < -0.39 is 6.10 Å². The van der Waals surface area contributed by atoms with Crippen LogP contribution in [0.15, 0.2) is 24.3 Å². The molecule has 1 N–H and O–H groups in total. The maximum absolute atomic E-state index is 13.8. The van der Waals surface area contributed by atoms with E-state index in [1.54, 1.807) is 18.2 Å². The largest absolute Gasteiger partial charge is 0.388 e. The molecule has 2 rings (SSSR count). The summed E-state index contributed by atoms with van der Waals surface area (Å²) < 4.78 is 13.8. The molecule has 0 aromatic heterocycles. The molecule has 0 bridgehead atoms. The van der Waals surface area contributed by atoms with Crippen LogP contribution in [0.3, 0.4) is 0 Å². The number of benzene rings is 1. The normalized spacial score (nSPS) is 23.2. The molecule has 3 atom stereocenters. The molecule has 1 heterocycles. The van der Waals surface area contributed by atoms with E-state index in [9.17, 15) is 9.50 Å². The van der Waals surface area contributed by atoms with E-state index in [0.717, 1.165) is 19.6 Å². The Hall–Kier alpha value is -0.930. The zero-order valence-electron chi connectivity index (χ0n) is 13.6. The van der Waals surface area contributed by atoms with Crippen LogP contribution in [-0.2, 0) is 0 Å². The Kier molecular flexibility index (Phi) is 5.05. The van der Waals surface area contributed by atoms with E-state index in [-0.39, 0.29) is 11.7 Å². The quantitative estimate of drug-likeness (QED) is 0.911. The third-order valence-corrected chi connectivity index (χ3v) is 4.81. The van der Waals surface area contributed by atoms with Gasteiger partial charge in [0.25, 0.3) is 0 Å². The number of aliphatic hydroxyl groups excluding tert-OH is 1. The first-order valence-corrected chi connectivity index (χ1v) is 7.94. The molecule has 0 amide bonds. The van der Waals surface area contributed by atoms with Crippen LogP contribution in [0.5, 0.6) is 0 Å². The molecule has 0 aliphatic carbocycles. The van der Waals surface area contributed by atoms with Crippen molar-refractivity contribution in [3.05, 3.63) is 35.6 Å². The van der Waals surface area contributed by atoms with E-state index in [4.69, 9.17) is 0 Å². The van der Waals surface area contributed by atoms with Gasteiger partial charge in [0, 0.05) is 18.7 Å². The van der Waals surface area contributed by atoms with E-state index in [1.165, 1.54) is 12.5 Å². The third kappa shape index (κ3) is 4.04. The van der Waals surface area contributed by atoms with Gasteiger partial charge in [-0.15, -0.1) is 0 Å². The summed E-state index contributed by atoms with van der Waals surface area (Å²) in [5.41, 5.74) is 0.749. The van der Waals surface area contributed by atoms with E-state index in [2.05, 4.69) is 25.7 Å². The van der Waals surface area contributed by atoms with Crippen molar-refractivity contribution in [1.29, 1.82) is 0 Å². The second-order valence-corrected chi connectivity index (χ2v) is 7.55. The molecule has 0 radical (unpaired) electrons. The van der Waals surface area contributed by atoms with Crippen LogP contribution in [0.4, 0.5) is 4.39 Å². The number of aliphatic hydroxyl groups is 1. The van der Waals surface area contributed by atoms with Crippen molar-refractivity contribution < 1.29 is 9.50 Å². The number of rotatable bonds is 4. The summed E-state index contributed by atoms with van der Waals surface area (Å²) in [4.78, 5) is 2.41. The van der Waals surface area contributed by atoms with Crippen molar-refractivity contribution in [1.82, 2.24) is 4.90 Å². The molecule has 3 unspecified atom stereocenters. The smallest absolute Gasteiger partial charge is 0.129 e. The van der Waals surface area contributed by atoms with Crippen LogP contribution in [0, 0.1) is 23.1 Å². The van der Waals surface area contributed by atoms with Gasteiger partial charge in [-0.3, -0.25) is 0 Å². The van der Waals surface area contributed by atoms with Gasteiger partial charge in [0.2, 0.25) is 0 Å². The molecule has 1 aromatic carbocycles. The zero-order chi connectivity index (χ0) is 15.6. The predicted octanol–water partition coefficient (Wildman–Crippen LogP) is 3.86. The highest BCUT2D eigenvalue weighted by Crippen LogP contribution is 2.34. The van der Waals surface area contributed by atoms with Gasteiger partial charge in [-0.05, 0) is 36.3 Å². The minimum atomic E-state index is -0.736. The first kappa shape index (κ1) is 16.4. The standard InChI is InChI=1S/C18H28FNO/c1-13(17(21)15-7-5-6-8-16(15)19)11-20-10-9-14(12-20)18(2,3)4/h5-8,13-14,17,21H,9-12H2,1-4H3. The van der Waals surface area contributed by atoms with E-state index in [1.807, 2.05) is 6.92 Å². The van der Waals surface area contributed by atoms with Gasteiger partial charge in [-0.1, -0.05) is 45.9 Å². The second kappa shape index (κ2) is 6.45. The molecule has 1 aliphatic rings. The second-order valence-electron chi connectivity index (χ2n) is 7.55. The maximum atomic E-state index is 13.8. The minimum absolute atomic E-state index is 0.0284. The number of nitrogens with zero attached hydrogens (tertiary/aromatic N) is 1. The molecule has 21 heavy (non-hydrogen) atoms. The zero-order valence-corrected chi connectivity index (χ0v) is 13.6. The lowest BCUT2D eigenvalue weighted by Crippen LogP contribution is -2.31. The lowest BCUT2D eigenvalue weighted by atomic mass is 9.80. The van der Waals surface area contributed by atoms with Gasteiger partial charge >= 0.3 is 0 Å². The molecule has 2 nitrogen and oxygen atoms in total. The summed E-state index contributed by atoms with van der Waals surface area (Å²) in [6, 6.07) is 6.53. The molecule has 3 heteroatoms. The van der Waals surface area contributed by atoms with Crippen LogP contribution in [0.25, 0.3) is 0 Å². The van der Waals surface area contributed by atoms with Crippen molar-refractivity contribution in [2.45, 2.75) is 40.2 Å². The first-order chi connectivity index (χ1) is 9.79. The maximum Gasteiger partial charge on any atom is 0.129 e. The molecular formula is C18H28FNO. The fourth-order valence-electron chi connectivity index (χ4n) is 3.23. The van der Waals surface area contributed by atoms with Crippen molar-refractivity contribution in [3.63, 3.8) is 0 Å². The highest BCUT2D eigenvalue weighted by atomic mass is 19.1. The number of hydrogen-bond acceptors (Lipinski definition) is 2. The summed E-state index contributed by atoms with van der Waals surface area (Å²) in [6.07, 6.45) is 0.478. The van der Waals surface area contributed by atoms with Gasteiger partial charge in [-0.25, -0.2) is 4.39 Å². The lowest BCUT2D eigenvalue weighted by Gasteiger charge is -2.29. The predicted molar refractivity (Wildman–Crippen MR) is 84.5 cm³/mol. The average molecular weight is 293 g/mol. The Morgan fingerprint density at radius 1 is 1.33 bits per heavy atom. The van der Waals surface area contributed by atoms with Crippen LogP contribution in [-0.4, -0.2) is 29.6 Å². The number of hydrogen-bond donors (Lipinski definition) is 1. The van der Waals surface area contributed by atoms with Gasteiger partial charge in [0.05, 0.1) is 6.10 Å². The van der Waals surface area contributed by atoms with Crippen molar-refractivity contribution >= 4 is 0 Å². The molecule has 0 spiro atoms. The average Bonchev–Trinajstić information content (AvgIpc) is 2.87. The highest BCUT2D eigenvalue weighted by Gasteiger charge is 2.33. The molecule has 1 aliphatic heterocycles. The molecule has 118 valence electrons. The van der Waals surface area contributed by atoms with Crippen LogP contribution in [0.1, 0.15) is 45.8 Å². The van der Waals surface area contributed by atoms with Gasteiger partial charge in [-0.2, -0.15) is 0 Å². The Labute approximate surface area is 128 Å².